The van der Waals surface area contributed by atoms with Crippen LogP contribution in [0.3, 0.4) is 0 Å². The van der Waals surface area contributed by atoms with E-state index in [0.29, 0.717) is 19.4 Å². The summed E-state index contributed by atoms with van der Waals surface area (Å²) in [7, 11) is -2.99. The van der Waals surface area contributed by atoms with E-state index in [9.17, 15) is 24.1 Å². The zero-order valence-corrected chi connectivity index (χ0v) is 20.8. The molecule has 1 aromatic rings. The molecule has 0 radical (unpaired) electrons. The number of benzene rings is 1. The van der Waals surface area contributed by atoms with Gasteiger partial charge in [0, 0.05) is 19.6 Å². The van der Waals surface area contributed by atoms with E-state index in [1.807, 2.05) is 0 Å². The highest BCUT2D eigenvalue weighted by Gasteiger charge is 2.62. The van der Waals surface area contributed by atoms with Crippen LogP contribution < -0.4 is 14.9 Å². The Morgan fingerprint density at radius 1 is 1.36 bits per heavy atom. The molecule has 3 aliphatic rings. The van der Waals surface area contributed by atoms with Crippen molar-refractivity contribution in [2.45, 2.75) is 56.3 Å². The standard InChI is InChI=1S/C22H30N3O10P/c1-14(19(28)31-2)24-36(30,35-15-7-4-3-5-8-15)33-13-16-18(27)22(10-6-12-32-22)20(34-16)25-11-9-17(26)23-21(25)29/h3-5,7-8,14,16,18,20,27H,6,9-13H2,1-2H3,(H,24,30)(H,23,26,29)/t14-,16?,18+,20?,22-,36?/m0/s1. The molecule has 14 heteroatoms. The third-order valence-electron chi connectivity index (χ3n) is 6.31. The number of aliphatic hydroxyl groups is 1. The zero-order valence-electron chi connectivity index (χ0n) is 20.0. The molecule has 6 atom stereocenters. The molecule has 0 aromatic heterocycles. The fourth-order valence-electron chi connectivity index (χ4n) is 4.54. The monoisotopic (exact) mass is 527 g/mol. The van der Waals surface area contributed by atoms with Gasteiger partial charge in [-0.2, -0.15) is 5.09 Å². The van der Waals surface area contributed by atoms with Crippen molar-refractivity contribution in [2.75, 3.05) is 26.9 Å². The van der Waals surface area contributed by atoms with Crippen LogP contribution in [-0.4, -0.2) is 84.9 Å². The van der Waals surface area contributed by atoms with Gasteiger partial charge in [0.2, 0.25) is 5.91 Å². The molecule has 13 nitrogen and oxygen atoms in total. The van der Waals surface area contributed by atoms with Crippen molar-refractivity contribution in [2.24, 2.45) is 0 Å². The van der Waals surface area contributed by atoms with Crippen molar-refractivity contribution in [1.82, 2.24) is 15.3 Å². The second kappa shape index (κ2) is 10.8. The Kier molecular flexibility index (Phi) is 7.98. The van der Waals surface area contributed by atoms with Crippen molar-refractivity contribution in [3.05, 3.63) is 30.3 Å². The first kappa shape index (κ1) is 26.5. The van der Waals surface area contributed by atoms with E-state index < -0.39 is 62.3 Å². The molecule has 4 rings (SSSR count). The Hall–Kier alpha value is -2.54. The largest absolute Gasteiger partial charge is 0.468 e. The molecule has 1 spiro atoms. The highest BCUT2D eigenvalue weighted by Crippen LogP contribution is 2.48. The zero-order chi connectivity index (χ0) is 25.9. The molecule has 3 aliphatic heterocycles. The number of ether oxygens (including phenoxy) is 3. The molecular formula is C22H30N3O10P. The predicted molar refractivity (Wildman–Crippen MR) is 123 cm³/mol. The molecule has 3 saturated heterocycles. The smallest absolute Gasteiger partial charge is 0.459 e. The number of hydrogen-bond donors (Lipinski definition) is 3. The summed E-state index contributed by atoms with van der Waals surface area (Å²) < 4.78 is 41.5. The van der Waals surface area contributed by atoms with Gasteiger partial charge in [-0.25, -0.2) is 9.36 Å². The van der Waals surface area contributed by atoms with Gasteiger partial charge in [0.25, 0.3) is 0 Å². The number of amides is 3. The normalized spacial score (nSPS) is 30.6. The summed E-state index contributed by atoms with van der Waals surface area (Å²) in [5.74, 6) is -0.862. The maximum absolute atomic E-state index is 13.6. The average Bonchev–Trinajstić information content (AvgIpc) is 3.44. The number of carbonyl (C=O) groups excluding carboxylic acids is 3. The van der Waals surface area contributed by atoms with Crippen LogP contribution in [0.2, 0.25) is 0 Å². The van der Waals surface area contributed by atoms with Gasteiger partial charge in [-0.05, 0) is 31.9 Å². The quantitative estimate of drug-likeness (QED) is 0.309. The summed E-state index contributed by atoms with van der Waals surface area (Å²) in [5, 5.41) is 16.0. The van der Waals surface area contributed by atoms with Gasteiger partial charge < -0.3 is 23.8 Å². The highest BCUT2D eigenvalue weighted by molar-refractivity contribution is 7.52. The molecule has 1 aromatic carbocycles. The van der Waals surface area contributed by atoms with Crippen molar-refractivity contribution < 1.29 is 47.3 Å². The number of carbonyl (C=O) groups is 3. The number of aliphatic hydroxyl groups excluding tert-OH is 1. The molecule has 3 unspecified atom stereocenters. The first-order valence-corrected chi connectivity index (χ1v) is 13.1. The predicted octanol–water partition coefficient (Wildman–Crippen LogP) is 0.918. The van der Waals surface area contributed by atoms with Crippen molar-refractivity contribution in [1.29, 1.82) is 0 Å². The van der Waals surface area contributed by atoms with Crippen LogP contribution in [0.25, 0.3) is 0 Å². The summed E-state index contributed by atoms with van der Waals surface area (Å²) in [6.07, 6.45) is -2.17. The summed E-state index contributed by atoms with van der Waals surface area (Å²) in [6.45, 7) is 1.47. The minimum atomic E-state index is -4.18. The number of nitrogens with one attached hydrogen (secondary N) is 2. The van der Waals surface area contributed by atoms with Gasteiger partial charge in [-0.3, -0.25) is 24.3 Å². The van der Waals surface area contributed by atoms with Crippen LogP contribution in [0.5, 0.6) is 5.75 Å². The molecule has 3 N–H and O–H groups in total. The van der Waals surface area contributed by atoms with Gasteiger partial charge in [-0.15, -0.1) is 0 Å². The molecule has 0 saturated carbocycles. The Labute approximate surface area is 207 Å². The number of nitrogens with zero attached hydrogens (tertiary/aromatic N) is 1. The summed E-state index contributed by atoms with van der Waals surface area (Å²) in [4.78, 5) is 37.4. The van der Waals surface area contributed by atoms with E-state index in [2.05, 4.69) is 15.1 Å². The average molecular weight is 527 g/mol. The van der Waals surface area contributed by atoms with E-state index in [1.165, 1.54) is 18.9 Å². The lowest BCUT2D eigenvalue weighted by Gasteiger charge is -2.39. The molecule has 3 fully saturated rings. The highest BCUT2D eigenvalue weighted by atomic mass is 31.2. The fourth-order valence-corrected chi connectivity index (χ4v) is 6.05. The van der Waals surface area contributed by atoms with Crippen LogP contribution in [-0.2, 0) is 32.9 Å². The van der Waals surface area contributed by atoms with Crippen LogP contribution >= 0.6 is 7.75 Å². The van der Waals surface area contributed by atoms with Gasteiger partial charge in [0.15, 0.2) is 6.23 Å². The molecule has 3 amide bonds. The Morgan fingerprint density at radius 3 is 2.75 bits per heavy atom. The number of methoxy groups -OCH3 is 1. The maximum Gasteiger partial charge on any atom is 0.459 e. The van der Waals surface area contributed by atoms with Crippen molar-refractivity contribution >= 4 is 25.7 Å². The second-order valence-electron chi connectivity index (χ2n) is 8.75. The lowest BCUT2D eigenvalue weighted by atomic mass is 9.90. The van der Waals surface area contributed by atoms with E-state index in [4.69, 9.17) is 18.5 Å². The third-order valence-corrected chi connectivity index (χ3v) is 7.95. The maximum atomic E-state index is 13.6. The Morgan fingerprint density at radius 2 is 2.11 bits per heavy atom. The van der Waals surface area contributed by atoms with Gasteiger partial charge in [-0.1, -0.05) is 18.2 Å². The molecule has 0 aliphatic carbocycles. The molecule has 36 heavy (non-hydrogen) atoms. The SMILES string of the molecule is COC(=O)[C@H](C)NP(=O)(OCC1OC(N2CCC(=O)NC2=O)[C@]2(CCCO2)[C@@H]1O)Oc1ccccc1. The van der Waals surface area contributed by atoms with Crippen LogP contribution in [0, 0.1) is 0 Å². The van der Waals surface area contributed by atoms with Gasteiger partial charge >= 0.3 is 19.7 Å². The summed E-state index contributed by atoms with van der Waals surface area (Å²) in [5.41, 5.74) is -1.23. The Balaban J connectivity index is 1.52. The van der Waals surface area contributed by atoms with Crippen LogP contribution in [0.1, 0.15) is 26.2 Å². The summed E-state index contributed by atoms with van der Waals surface area (Å²) in [6, 6.07) is 6.54. The first-order valence-electron chi connectivity index (χ1n) is 11.6. The number of imide groups is 1. The number of rotatable bonds is 9. The molecular weight excluding hydrogens is 497 g/mol. The molecule has 198 valence electrons. The van der Waals surface area contributed by atoms with E-state index >= 15 is 0 Å². The fraction of sp³-hybridized carbons (Fsp3) is 0.591. The second-order valence-corrected chi connectivity index (χ2v) is 10.4. The van der Waals surface area contributed by atoms with E-state index in [1.54, 1.807) is 30.3 Å². The Bertz CT molecular complexity index is 1020. The lowest BCUT2D eigenvalue weighted by Crippen LogP contribution is -2.61. The number of hydrogen-bond acceptors (Lipinski definition) is 10. The van der Waals surface area contributed by atoms with E-state index in [0.717, 1.165) is 0 Å². The van der Waals surface area contributed by atoms with Crippen molar-refractivity contribution in [3.63, 3.8) is 0 Å². The van der Waals surface area contributed by atoms with Crippen LogP contribution in [0.15, 0.2) is 30.3 Å². The summed E-state index contributed by atoms with van der Waals surface area (Å²) >= 11 is 0. The number of urea groups is 1. The van der Waals surface area contributed by atoms with Crippen LogP contribution in [0.4, 0.5) is 4.79 Å². The number of esters is 1. The van der Waals surface area contributed by atoms with Gasteiger partial charge in [0.1, 0.15) is 29.6 Å². The topological polar surface area (TPSA) is 162 Å². The molecule has 0 bridgehead atoms. The van der Waals surface area contributed by atoms with Crippen molar-refractivity contribution in [3.8, 4) is 5.75 Å². The minimum Gasteiger partial charge on any atom is -0.468 e. The number of para-hydroxylation sites is 1. The first-order chi connectivity index (χ1) is 17.2. The minimum absolute atomic E-state index is 0.0778. The lowest BCUT2D eigenvalue weighted by molar-refractivity contribution is -0.143. The van der Waals surface area contributed by atoms with Gasteiger partial charge in [0.05, 0.1) is 13.7 Å². The third kappa shape index (κ3) is 5.41. The van der Waals surface area contributed by atoms with E-state index in [-0.39, 0.29) is 18.7 Å². The molecule has 3 heterocycles.